The minimum absolute atomic E-state index is 0.254. The molecule has 1 unspecified atom stereocenters. The number of hydrogen-bond acceptors (Lipinski definition) is 2. The Bertz CT molecular complexity index is 150. The van der Waals surface area contributed by atoms with E-state index >= 15 is 0 Å². The number of hydrogen-bond donors (Lipinski definition) is 2. The fourth-order valence-electron chi connectivity index (χ4n) is 2.41. The Morgan fingerprint density at radius 3 is 2.14 bits per heavy atom. The predicted octanol–water partition coefficient (Wildman–Crippen LogP) is 2.17. The molecule has 2 N–H and O–H groups in total. The van der Waals surface area contributed by atoms with Gasteiger partial charge in [0, 0.05) is 12.1 Å². The summed E-state index contributed by atoms with van der Waals surface area (Å²) in [6.45, 7) is 6.96. The Morgan fingerprint density at radius 2 is 1.71 bits per heavy atom. The first kappa shape index (κ1) is 12.0. The van der Waals surface area contributed by atoms with Crippen LogP contribution in [0.1, 0.15) is 46.5 Å². The molecule has 2 heteroatoms. The second-order valence-electron chi connectivity index (χ2n) is 5.11. The normalized spacial score (nSPS) is 30.6. The lowest BCUT2D eigenvalue weighted by Crippen LogP contribution is -2.41. The zero-order chi connectivity index (χ0) is 10.6. The molecule has 0 heterocycles. The number of aliphatic hydroxyl groups excluding tert-OH is 1. The summed E-state index contributed by atoms with van der Waals surface area (Å²) in [5, 5.41) is 12.4. The van der Waals surface area contributed by atoms with E-state index in [2.05, 4.69) is 26.1 Å². The third-order valence-electron chi connectivity index (χ3n) is 3.51. The van der Waals surface area contributed by atoms with Crippen molar-refractivity contribution in [3.63, 3.8) is 0 Å². The van der Waals surface area contributed by atoms with Crippen molar-refractivity contribution < 1.29 is 5.11 Å². The maximum atomic E-state index is 8.94. The summed E-state index contributed by atoms with van der Waals surface area (Å²) in [7, 11) is 0. The van der Waals surface area contributed by atoms with Gasteiger partial charge in [0.15, 0.2) is 0 Å². The molecule has 14 heavy (non-hydrogen) atoms. The van der Waals surface area contributed by atoms with E-state index in [1.807, 2.05) is 0 Å². The van der Waals surface area contributed by atoms with Gasteiger partial charge in [-0.25, -0.2) is 0 Å². The van der Waals surface area contributed by atoms with Crippen LogP contribution in [0.4, 0.5) is 0 Å². The lowest BCUT2D eigenvalue weighted by molar-refractivity contribution is 0.199. The van der Waals surface area contributed by atoms with Crippen molar-refractivity contribution in [2.75, 3.05) is 6.61 Å². The minimum Gasteiger partial charge on any atom is -0.395 e. The van der Waals surface area contributed by atoms with Crippen molar-refractivity contribution in [2.24, 2.45) is 11.8 Å². The second kappa shape index (κ2) is 5.72. The van der Waals surface area contributed by atoms with E-state index in [9.17, 15) is 0 Å². The van der Waals surface area contributed by atoms with Gasteiger partial charge in [-0.05, 0) is 44.4 Å². The van der Waals surface area contributed by atoms with Crippen molar-refractivity contribution in [3.05, 3.63) is 0 Å². The van der Waals surface area contributed by atoms with Crippen LogP contribution in [-0.2, 0) is 0 Å². The molecule has 0 amide bonds. The van der Waals surface area contributed by atoms with Gasteiger partial charge in [-0.2, -0.15) is 0 Å². The van der Waals surface area contributed by atoms with Gasteiger partial charge < -0.3 is 10.4 Å². The van der Waals surface area contributed by atoms with Gasteiger partial charge in [0.25, 0.3) is 0 Å². The fourth-order valence-corrected chi connectivity index (χ4v) is 2.41. The molecule has 0 spiro atoms. The van der Waals surface area contributed by atoms with Crippen LogP contribution in [0.15, 0.2) is 0 Å². The summed E-state index contributed by atoms with van der Waals surface area (Å²) in [5.74, 6) is 1.77. The lowest BCUT2D eigenvalue weighted by atomic mass is 9.79. The molecule has 1 rings (SSSR count). The molecule has 0 aromatic carbocycles. The molecule has 1 atom stereocenters. The highest BCUT2D eigenvalue weighted by Gasteiger charge is 2.23. The third kappa shape index (κ3) is 3.58. The van der Waals surface area contributed by atoms with Crippen LogP contribution in [0.3, 0.4) is 0 Å². The Labute approximate surface area is 88.1 Å². The lowest BCUT2D eigenvalue weighted by Gasteiger charge is -2.32. The molecule has 0 radical (unpaired) electrons. The van der Waals surface area contributed by atoms with Gasteiger partial charge in [0.05, 0.1) is 6.61 Å². The van der Waals surface area contributed by atoms with Gasteiger partial charge in [-0.1, -0.05) is 13.8 Å². The molecule has 1 saturated carbocycles. The molecule has 1 fully saturated rings. The summed E-state index contributed by atoms with van der Waals surface area (Å²) in [6, 6.07) is 0.905. The Hall–Kier alpha value is -0.0800. The van der Waals surface area contributed by atoms with Crippen LogP contribution in [0.5, 0.6) is 0 Å². The average Bonchev–Trinajstić information content (AvgIpc) is 2.18. The van der Waals surface area contributed by atoms with E-state index in [-0.39, 0.29) is 12.6 Å². The van der Waals surface area contributed by atoms with Gasteiger partial charge in [-0.3, -0.25) is 0 Å². The van der Waals surface area contributed by atoms with Crippen LogP contribution < -0.4 is 5.32 Å². The van der Waals surface area contributed by atoms with E-state index < -0.39 is 0 Å². The van der Waals surface area contributed by atoms with Crippen LogP contribution in [0, 0.1) is 11.8 Å². The standard InChI is InChI=1S/C12H25NO/c1-9(2)11-4-6-12(7-5-11)13-10(3)8-14/h9-14H,4-8H2,1-3H3. The van der Waals surface area contributed by atoms with Crippen molar-refractivity contribution in [3.8, 4) is 0 Å². The number of nitrogens with one attached hydrogen (secondary N) is 1. The molecule has 0 aliphatic heterocycles. The third-order valence-corrected chi connectivity index (χ3v) is 3.51. The smallest absolute Gasteiger partial charge is 0.0582 e. The molecule has 1 aliphatic carbocycles. The molecule has 1 aliphatic rings. The Morgan fingerprint density at radius 1 is 1.14 bits per heavy atom. The van der Waals surface area contributed by atoms with Gasteiger partial charge in [0.1, 0.15) is 0 Å². The molecule has 0 aromatic heterocycles. The highest BCUT2D eigenvalue weighted by molar-refractivity contribution is 4.80. The second-order valence-corrected chi connectivity index (χ2v) is 5.11. The quantitative estimate of drug-likeness (QED) is 0.727. The van der Waals surface area contributed by atoms with Gasteiger partial charge >= 0.3 is 0 Å². The summed E-state index contributed by atoms with van der Waals surface area (Å²) >= 11 is 0. The predicted molar refractivity (Wildman–Crippen MR) is 60.3 cm³/mol. The Balaban J connectivity index is 2.22. The largest absolute Gasteiger partial charge is 0.395 e. The van der Waals surface area contributed by atoms with Crippen LogP contribution >= 0.6 is 0 Å². The molecule has 0 aromatic rings. The van der Waals surface area contributed by atoms with Crippen molar-refractivity contribution in [1.29, 1.82) is 0 Å². The fraction of sp³-hybridized carbons (Fsp3) is 1.00. The summed E-state index contributed by atoms with van der Waals surface area (Å²) in [6.07, 6.45) is 5.28. The average molecular weight is 199 g/mol. The molecular formula is C12H25NO. The molecule has 84 valence electrons. The number of rotatable bonds is 4. The summed E-state index contributed by atoms with van der Waals surface area (Å²) in [4.78, 5) is 0. The van der Waals surface area contributed by atoms with E-state index in [1.165, 1.54) is 25.7 Å². The molecule has 0 bridgehead atoms. The first-order valence-corrected chi connectivity index (χ1v) is 6.00. The van der Waals surface area contributed by atoms with Gasteiger partial charge in [-0.15, -0.1) is 0 Å². The topological polar surface area (TPSA) is 32.3 Å². The van der Waals surface area contributed by atoms with Crippen molar-refractivity contribution in [1.82, 2.24) is 5.32 Å². The monoisotopic (exact) mass is 199 g/mol. The minimum atomic E-state index is 0.254. The van der Waals surface area contributed by atoms with Crippen molar-refractivity contribution in [2.45, 2.75) is 58.5 Å². The van der Waals surface area contributed by atoms with Crippen LogP contribution in [0.25, 0.3) is 0 Å². The zero-order valence-corrected chi connectivity index (χ0v) is 9.79. The maximum absolute atomic E-state index is 8.94. The van der Waals surface area contributed by atoms with E-state index in [0.717, 1.165) is 11.8 Å². The van der Waals surface area contributed by atoms with E-state index in [0.29, 0.717) is 6.04 Å². The zero-order valence-electron chi connectivity index (χ0n) is 9.79. The Kier molecular flexibility index (Phi) is 4.90. The molecular weight excluding hydrogens is 174 g/mol. The first-order valence-electron chi connectivity index (χ1n) is 6.00. The SMILES string of the molecule is CC(CO)NC1CCC(C(C)C)CC1. The summed E-state index contributed by atoms with van der Waals surface area (Å²) in [5.41, 5.74) is 0. The number of aliphatic hydroxyl groups is 1. The first-order chi connectivity index (χ1) is 6.63. The van der Waals surface area contributed by atoms with Crippen LogP contribution in [0.2, 0.25) is 0 Å². The van der Waals surface area contributed by atoms with Gasteiger partial charge in [0.2, 0.25) is 0 Å². The van der Waals surface area contributed by atoms with E-state index in [4.69, 9.17) is 5.11 Å². The summed E-state index contributed by atoms with van der Waals surface area (Å²) < 4.78 is 0. The van der Waals surface area contributed by atoms with Crippen molar-refractivity contribution >= 4 is 0 Å². The van der Waals surface area contributed by atoms with E-state index in [1.54, 1.807) is 0 Å². The highest BCUT2D eigenvalue weighted by atomic mass is 16.3. The maximum Gasteiger partial charge on any atom is 0.0582 e. The molecule has 0 saturated heterocycles. The highest BCUT2D eigenvalue weighted by Crippen LogP contribution is 2.29. The van der Waals surface area contributed by atoms with Crippen LogP contribution in [-0.4, -0.2) is 23.8 Å². The molecule has 2 nitrogen and oxygen atoms in total.